The molecule has 2 heterocycles. The lowest BCUT2D eigenvalue weighted by molar-refractivity contribution is -0.399. The lowest BCUT2D eigenvalue weighted by Crippen LogP contribution is -2.60. The molecule has 2 saturated heterocycles. The highest BCUT2D eigenvalue weighted by Gasteiger charge is 2.42. The molecule has 2 aliphatic rings. The van der Waals surface area contributed by atoms with Crippen molar-refractivity contribution in [2.24, 2.45) is 0 Å². The predicted molar refractivity (Wildman–Crippen MR) is 60.7 cm³/mol. The number of rotatable bonds is 3. The first-order valence-electron chi connectivity index (χ1n) is 5.92. The molecule has 1 aromatic rings. The second-order valence-electron chi connectivity index (χ2n) is 4.52. The van der Waals surface area contributed by atoms with Gasteiger partial charge in [0, 0.05) is 13.1 Å². The largest absolute Gasteiger partial charge is 0.322 e. The van der Waals surface area contributed by atoms with Gasteiger partial charge < -0.3 is 9.47 Å². The third kappa shape index (κ3) is 1.86. The highest BCUT2D eigenvalue weighted by atomic mass is 16.9. The third-order valence-corrected chi connectivity index (χ3v) is 3.38. The van der Waals surface area contributed by atoms with Crippen LogP contribution in [0.1, 0.15) is 18.9 Å². The quantitative estimate of drug-likeness (QED) is 0.776. The van der Waals surface area contributed by atoms with E-state index in [2.05, 4.69) is 35.2 Å². The van der Waals surface area contributed by atoms with Crippen molar-refractivity contribution >= 4 is 0 Å². The molecule has 86 valence electrons. The van der Waals surface area contributed by atoms with Crippen LogP contribution in [0.5, 0.6) is 0 Å². The molecular formula is C13H17NO2. The second-order valence-corrected chi connectivity index (χ2v) is 4.52. The summed E-state index contributed by atoms with van der Waals surface area (Å²) < 4.78 is 11.1. The fourth-order valence-corrected chi connectivity index (χ4v) is 2.35. The van der Waals surface area contributed by atoms with Gasteiger partial charge in [0.1, 0.15) is 0 Å². The summed E-state index contributed by atoms with van der Waals surface area (Å²) in [5, 5.41) is 0. The first kappa shape index (κ1) is 10.3. The Bertz CT molecular complexity index is 348. The molecule has 0 unspecified atom stereocenters. The maximum Gasteiger partial charge on any atom is 0.179 e. The lowest BCUT2D eigenvalue weighted by atomic mass is 10.0. The molecular weight excluding hydrogens is 202 g/mol. The highest BCUT2D eigenvalue weighted by molar-refractivity contribution is 5.15. The standard InChI is InChI=1S/C13H17NO2/c1-10-15-13(16-10)12-7-8-14(12)9-11-5-3-2-4-6-11/h2-6,10,12-13H,7-9H2,1H3/t10?,12-,13?/m0/s1. The lowest BCUT2D eigenvalue weighted by Gasteiger charge is -2.49. The van der Waals surface area contributed by atoms with Gasteiger partial charge in [0.05, 0.1) is 6.04 Å². The van der Waals surface area contributed by atoms with Crippen LogP contribution in [-0.4, -0.2) is 30.1 Å². The van der Waals surface area contributed by atoms with Crippen molar-refractivity contribution < 1.29 is 9.47 Å². The van der Waals surface area contributed by atoms with E-state index in [9.17, 15) is 0 Å². The fourth-order valence-electron chi connectivity index (χ4n) is 2.35. The average Bonchev–Trinajstić information content (AvgIpc) is 2.24. The van der Waals surface area contributed by atoms with Crippen LogP contribution in [0.15, 0.2) is 30.3 Å². The maximum absolute atomic E-state index is 5.55. The summed E-state index contributed by atoms with van der Waals surface area (Å²) in [6.45, 7) is 4.09. The number of ether oxygens (including phenoxy) is 2. The van der Waals surface area contributed by atoms with Crippen LogP contribution in [0.3, 0.4) is 0 Å². The zero-order valence-corrected chi connectivity index (χ0v) is 9.50. The Morgan fingerprint density at radius 1 is 1.25 bits per heavy atom. The molecule has 3 heteroatoms. The topological polar surface area (TPSA) is 21.7 Å². The van der Waals surface area contributed by atoms with Crippen molar-refractivity contribution in [3.8, 4) is 0 Å². The van der Waals surface area contributed by atoms with Crippen molar-refractivity contribution in [1.29, 1.82) is 0 Å². The number of hydrogen-bond donors (Lipinski definition) is 0. The summed E-state index contributed by atoms with van der Waals surface area (Å²) in [4.78, 5) is 2.42. The van der Waals surface area contributed by atoms with Crippen molar-refractivity contribution in [2.75, 3.05) is 6.54 Å². The van der Waals surface area contributed by atoms with E-state index in [1.807, 2.05) is 6.92 Å². The van der Waals surface area contributed by atoms with Crippen molar-refractivity contribution in [1.82, 2.24) is 4.90 Å². The van der Waals surface area contributed by atoms with Gasteiger partial charge in [-0.15, -0.1) is 0 Å². The maximum atomic E-state index is 5.55. The SMILES string of the molecule is CC1OC([C@@H]2CCN2Cc2ccccc2)O1. The van der Waals surface area contributed by atoms with E-state index in [1.54, 1.807) is 0 Å². The Balaban J connectivity index is 1.56. The number of likely N-dealkylation sites (tertiary alicyclic amines) is 1. The number of benzene rings is 1. The molecule has 2 fully saturated rings. The van der Waals surface area contributed by atoms with Crippen LogP contribution < -0.4 is 0 Å². The van der Waals surface area contributed by atoms with Gasteiger partial charge in [-0.25, -0.2) is 0 Å². The van der Waals surface area contributed by atoms with Crippen LogP contribution in [0, 0.1) is 0 Å². The minimum atomic E-state index is -0.0100. The van der Waals surface area contributed by atoms with Gasteiger partial charge in [-0.2, -0.15) is 0 Å². The number of nitrogens with zero attached hydrogens (tertiary/aromatic N) is 1. The molecule has 0 amide bonds. The molecule has 0 spiro atoms. The minimum Gasteiger partial charge on any atom is -0.322 e. The highest BCUT2D eigenvalue weighted by Crippen LogP contribution is 2.31. The van der Waals surface area contributed by atoms with Gasteiger partial charge in [-0.3, -0.25) is 4.90 Å². The molecule has 1 aromatic carbocycles. The Kier molecular flexibility index (Phi) is 2.67. The van der Waals surface area contributed by atoms with E-state index >= 15 is 0 Å². The summed E-state index contributed by atoms with van der Waals surface area (Å²) >= 11 is 0. The van der Waals surface area contributed by atoms with E-state index in [-0.39, 0.29) is 12.6 Å². The normalized spacial score (nSPS) is 34.2. The van der Waals surface area contributed by atoms with Gasteiger partial charge in [0.2, 0.25) is 0 Å². The number of hydrogen-bond acceptors (Lipinski definition) is 3. The monoisotopic (exact) mass is 219 g/mol. The Hall–Kier alpha value is -0.900. The molecule has 0 radical (unpaired) electrons. The Morgan fingerprint density at radius 2 is 2.00 bits per heavy atom. The first-order valence-corrected chi connectivity index (χ1v) is 5.92. The zero-order valence-electron chi connectivity index (χ0n) is 9.50. The smallest absolute Gasteiger partial charge is 0.179 e. The van der Waals surface area contributed by atoms with Gasteiger partial charge in [-0.05, 0) is 18.9 Å². The molecule has 0 saturated carbocycles. The van der Waals surface area contributed by atoms with Crippen LogP contribution in [0.4, 0.5) is 0 Å². The second kappa shape index (κ2) is 4.17. The van der Waals surface area contributed by atoms with Crippen LogP contribution in [0.2, 0.25) is 0 Å². The predicted octanol–water partition coefficient (Wildman–Crippen LogP) is 1.98. The van der Waals surface area contributed by atoms with Crippen molar-refractivity contribution in [3.05, 3.63) is 35.9 Å². The summed E-state index contributed by atoms with van der Waals surface area (Å²) in [5.74, 6) is 0. The molecule has 0 aromatic heterocycles. The van der Waals surface area contributed by atoms with E-state index < -0.39 is 0 Å². The average molecular weight is 219 g/mol. The van der Waals surface area contributed by atoms with Crippen LogP contribution in [-0.2, 0) is 16.0 Å². The summed E-state index contributed by atoms with van der Waals surface area (Å²) in [7, 11) is 0. The third-order valence-electron chi connectivity index (χ3n) is 3.38. The van der Waals surface area contributed by atoms with Crippen LogP contribution >= 0.6 is 0 Å². The van der Waals surface area contributed by atoms with E-state index in [0.29, 0.717) is 6.04 Å². The van der Waals surface area contributed by atoms with Crippen molar-refractivity contribution in [2.45, 2.75) is 38.5 Å². The van der Waals surface area contributed by atoms with E-state index in [4.69, 9.17) is 9.47 Å². The molecule has 0 bridgehead atoms. The molecule has 2 aliphatic heterocycles. The summed E-state index contributed by atoms with van der Waals surface area (Å²) in [5.41, 5.74) is 1.36. The Morgan fingerprint density at radius 3 is 2.56 bits per heavy atom. The van der Waals surface area contributed by atoms with Gasteiger partial charge >= 0.3 is 0 Å². The molecule has 0 aliphatic carbocycles. The van der Waals surface area contributed by atoms with Gasteiger partial charge in [-0.1, -0.05) is 30.3 Å². The first-order chi connectivity index (χ1) is 7.83. The van der Waals surface area contributed by atoms with E-state index in [0.717, 1.165) is 13.1 Å². The molecule has 1 atom stereocenters. The van der Waals surface area contributed by atoms with Gasteiger partial charge in [0.15, 0.2) is 12.6 Å². The Labute approximate surface area is 96.0 Å². The molecule has 3 rings (SSSR count). The molecule has 0 N–H and O–H groups in total. The molecule has 3 nitrogen and oxygen atoms in total. The zero-order chi connectivity index (χ0) is 11.0. The summed E-state index contributed by atoms with van der Waals surface area (Å²) in [6.07, 6.45) is 1.18. The molecule has 16 heavy (non-hydrogen) atoms. The van der Waals surface area contributed by atoms with Crippen LogP contribution in [0.25, 0.3) is 0 Å². The van der Waals surface area contributed by atoms with Crippen molar-refractivity contribution in [3.63, 3.8) is 0 Å². The summed E-state index contributed by atoms with van der Waals surface area (Å²) in [6, 6.07) is 11.0. The minimum absolute atomic E-state index is 0.00691. The van der Waals surface area contributed by atoms with Gasteiger partial charge in [0.25, 0.3) is 0 Å². The fraction of sp³-hybridized carbons (Fsp3) is 0.538. The van der Waals surface area contributed by atoms with E-state index in [1.165, 1.54) is 12.0 Å².